The maximum atomic E-state index is 14.1. The maximum absolute atomic E-state index is 14.1. The molecule has 0 radical (unpaired) electrons. The molecule has 4 atom stereocenters. The second-order valence-corrected chi connectivity index (χ2v) is 10.8. The molecule has 1 aromatic rings. The molecule has 1 rings (SSSR count). The summed E-state index contributed by atoms with van der Waals surface area (Å²) in [6.07, 6.45) is 1.82. The Labute approximate surface area is 212 Å². The van der Waals surface area contributed by atoms with E-state index in [0.29, 0.717) is 6.42 Å². The molecule has 0 aliphatic heterocycles. The van der Waals surface area contributed by atoms with Crippen LogP contribution < -0.4 is 10.6 Å². The zero-order chi connectivity index (χ0) is 26.9. The van der Waals surface area contributed by atoms with Crippen LogP contribution in [0, 0.1) is 12.8 Å². The predicted octanol–water partition coefficient (Wildman–Crippen LogP) is 5.52. The van der Waals surface area contributed by atoms with Gasteiger partial charge in [-0.1, -0.05) is 57.9 Å². The van der Waals surface area contributed by atoms with Crippen molar-refractivity contribution in [2.45, 2.75) is 118 Å². The predicted molar refractivity (Wildman–Crippen MR) is 141 cm³/mol. The molecular formula is C28H47N3O4. The minimum Gasteiger partial charge on any atom is -0.444 e. The van der Waals surface area contributed by atoms with Crippen molar-refractivity contribution in [3.8, 4) is 0 Å². The minimum atomic E-state index is -0.829. The van der Waals surface area contributed by atoms with Gasteiger partial charge >= 0.3 is 6.09 Å². The number of rotatable bonds is 11. The van der Waals surface area contributed by atoms with E-state index in [1.54, 1.807) is 25.7 Å². The van der Waals surface area contributed by atoms with Crippen LogP contribution in [0.3, 0.4) is 0 Å². The summed E-state index contributed by atoms with van der Waals surface area (Å²) in [7, 11) is 0. The lowest BCUT2D eigenvalue weighted by molar-refractivity contribution is -0.145. The molecule has 0 saturated heterocycles. The van der Waals surface area contributed by atoms with Crippen LogP contribution in [0.2, 0.25) is 0 Å². The van der Waals surface area contributed by atoms with E-state index in [-0.39, 0.29) is 29.8 Å². The molecular weight excluding hydrogens is 442 g/mol. The van der Waals surface area contributed by atoms with Crippen molar-refractivity contribution in [1.29, 1.82) is 0 Å². The molecule has 35 heavy (non-hydrogen) atoms. The lowest BCUT2D eigenvalue weighted by Gasteiger charge is -2.39. The number of alkyl carbamates (subject to hydrolysis) is 1. The number of hydrogen-bond acceptors (Lipinski definition) is 4. The van der Waals surface area contributed by atoms with Crippen LogP contribution in [0.15, 0.2) is 24.3 Å². The largest absolute Gasteiger partial charge is 0.444 e. The van der Waals surface area contributed by atoms with Gasteiger partial charge in [0.2, 0.25) is 11.8 Å². The van der Waals surface area contributed by atoms with E-state index in [9.17, 15) is 14.4 Å². The molecule has 0 aliphatic carbocycles. The second-order valence-electron chi connectivity index (χ2n) is 10.8. The number of carbonyl (C=O) groups is 3. The highest BCUT2D eigenvalue weighted by molar-refractivity contribution is 5.92. The molecule has 0 heterocycles. The lowest BCUT2D eigenvalue weighted by atomic mass is 9.93. The van der Waals surface area contributed by atoms with Gasteiger partial charge < -0.3 is 20.3 Å². The SMILES string of the molecule is CCCC(C)NC(=O)C(c1ccccc1C)N(C(=O)C(NC(=O)OC(C)(C)C)C(C)CC)C(C)C. The summed E-state index contributed by atoms with van der Waals surface area (Å²) >= 11 is 0. The Balaban J connectivity index is 3.50. The normalized spacial score (nSPS) is 15.1. The molecule has 0 aliphatic rings. The van der Waals surface area contributed by atoms with E-state index in [1.165, 1.54) is 0 Å². The summed E-state index contributed by atoms with van der Waals surface area (Å²) in [5.74, 6) is -0.676. The van der Waals surface area contributed by atoms with Gasteiger partial charge in [0, 0.05) is 12.1 Å². The fourth-order valence-electron chi connectivity index (χ4n) is 4.10. The van der Waals surface area contributed by atoms with E-state index in [1.807, 2.05) is 65.8 Å². The van der Waals surface area contributed by atoms with E-state index in [2.05, 4.69) is 17.6 Å². The Hall–Kier alpha value is -2.57. The van der Waals surface area contributed by atoms with E-state index in [0.717, 1.165) is 24.0 Å². The zero-order valence-electron chi connectivity index (χ0n) is 23.4. The average molecular weight is 490 g/mol. The molecule has 198 valence electrons. The molecule has 4 unspecified atom stereocenters. The number of benzene rings is 1. The molecule has 3 amide bonds. The van der Waals surface area contributed by atoms with Gasteiger partial charge in [0.05, 0.1) is 0 Å². The summed E-state index contributed by atoms with van der Waals surface area (Å²) in [6, 6.07) is 5.68. The summed E-state index contributed by atoms with van der Waals surface area (Å²) in [4.78, 5) is 42.1. The van der Waals surface area contributed by atoms with Gasteiger partial charge in [-0.3, -0.25) is 9.59 Å². The topological polar surface area (TPSA) is 87.7 Å². The molecule has 2 N–H and O–H groups in total. The van der Waals surface area contributed by atoms with Crippen molar-refractivity contribution in [3.05, 3.63) is 35.4 Å². The Kier molecular flexibility index (Phi) is 11.7. The molecule has 0 bridgehead atoms. The van der Waals surface area contributed by atoms with Crippen molar-refractivity contribution in [2.24, 2.45) is 5.92 Å². The van der Waals surface area contributed by atoms with Crippen molar-refractivity contribution >= 4 is 17.9 Å². The quantitative estimate of drug-likeness (QED) is 0.429. The minimum absolute atomic E-state index is 0.0200. The molecule has 0 saturated carbocycles. The van der Waals surface area contributed by atoms with Gasteiger partial charge in [-0.25, -0.2) is 4.79 Å². The molecule has 7 nitrogen and oxygen atoms in total. The van der Waals surface area contributed by atoms with Crippen LogP contribution in [-0.2, 0) is 14.3 Å². The van der Waals surface area contributed by atoms with Crippen molar-refractivity contribution in [1.82, 2.24) is 15.5 Å². The third-order valence-electron chi connectivity index (χ3n) is 6.08. The van der Waals surface area contributed by atoms with Gasteiger partial charge in [-0.2, -0.15) is 0 Å². The van der Waals surface area contributed by atoms with Crippen LogP contribution in [0.25, 0.3) is 0 Å². The lowest BCUT2D eigenvalue weighted by Crippen LogP contribution is -2.57. The standard InChI is InChI=1S/C28H47N3O4/c1-11-15-21(7)29-25(32)24(22-17-14-13-16-20(22)6)31(18(3)4)26(33)23(19(5)12-2)30-27(34)35-28(8,9)10/h13-14,16-19,21,23-24H,11-12,15H2,1-10H3,(H,29,32)(H,30,34). The highest BCUT2D eigenvalue weighted by atomic mass is 16.6. The molecule has 7 heteroatoms. The molecule has 1 aromatic carbocycles. The summed E-state index contributed by atoms with van der Waals surface area (Å²) in [5, 5.41) is 5.90. The first-order chi connectivity index (χ1) is 16.2. The fourth-order valence-corrected chi connectivity index (χ4v) is 4.10. The third-order valence-corrected chi connectivity index (χ3v) is 6.08. The zero-order valence-corrected chi connectivity index (χ0v) is 23.4. The van der Waals surface area contributed by atoms with E-state index in [4.69, 9.17) is 4.74 Å². The number of nitrogens with zero attached hydrogens (tertiary/aromatic N) is 1. The van der Waals surface area contributed by atoms with Gasteiger partial charge in [0.15, 0.2) is 0 Å². The Morgan fingerprint density at radius 3 is 2.09 bits per heavy atom. The highest BCUT2D eigenvalue weighted by Crippen LogP contribution is 2.29. The maximum Gasteiger partial charge on any atom is 0.408 e. The Bertz CT molecular complexity index is 847. The second kappa shape index (κ2) is 13.5. The summed E-state index contributed by atoms with van der Waals surface area (Å²) < 4.78 is 5.44. The van der Waals surface area contributed by atoms with E-state index < -0.39 is 23.8 Å². The number of aryl methyl sites for hydroxylation is 1. The van der Waals surface area contributed by atoms with Crippen LogP contribution in [0.4, 0.5) is 4.79 Å². The van der Waals surface area contributed by atoms with Crippen LogP contribution in [0.1, 0.15) is 98.7 Å². The van der Waals surface area contributed by atoms with Crippen molar-refractivity contribution < 1.29 is 19.1 Å². The van der Waals surface area contributed by atoms with Crippen molar-refractivity contribution in [2.75, 3.05) is 0 Å². The molecule has 0 aromatic heterocycles. The monoisotopic (exact) mass is 489 g/mol. The number of nitrogens with one attached hydrogen (secondary N) is 2. The first-order valence-electron chi connectivity index (χ1n) is 12.9. The number of hydrogen-bond donors (Lipinski definition) is 2. The van der Waals surface area contributed by atoms with Gasteiger partial charge in [0.1, 0.15) is 17.7 Å². The third kappa shape index (κ3) is 9.19. The van der Waals surface area contributed by atoms with Gasteiger partial charge in [0.25, 0.3) is 0 Å². The molecule has 0 fully saturated rings. The first kappa shape index (κ1) is 30.5. The Morgan fingerprint density at radius 2 is 1.60 bits per heavy atom. The smallest absolute Gasteiger partial charge is 0.408 e. The Morgan fingerprint density at radius 1 is 1.00 bits per heavy atom. The van der Waals surface area contributed by atoms with Crippen LogP contribution in [-0.4, -0.2) is 46.5 Å². The van der Waals surface area contributed by atoms with Gasteiger partial charge in [-0.15, -0.1) is 0 Å². The average Bonchev–Trinajstić information content (AvgIpc) is 2.74. The first-order valence-corrected chi connectivity index (χ1v) is 12.9. The highest BCUT2D eigenvalue weighted by Gasteiger charge is 2.40. The van der Waals surface area contributed by atoms with Crippen LogP contribution in [0.5, 0.6) is 0 Å². The number of ether oxygens (including phenoxy) is 1. The number of amides is 3. The fraction of sp³-hybridized carbons (Fsp3) is 0.679. The number of carbonyl (C=O) groups excluding carboxylic acids is 3. The molecule has 0 spiro atoms. The van der Waals surface area contributed by atoms with E-state index >= 15 is 0 Å². The van der Waals surface area contributed by atoms with Crippen molar-refractivity contribution in [3.63, 3.8) is 0 Å². The van der Waals surface area contributed by atoms with Crippen LogP contribution >= 0.6 is 0 Å². The summed E-state index contributed by atoms with van der Waals surface area (Å²) in [6.45, 7) is 19.0. The van der Waals surface area contributed by atoms with Gasteiger partial charge in [-0.05, 0) is 71.9 Å². The summed E-state index contributed by atoms with van der Waals surface area (Å²) in [5.41, 5.74) is 1.01.